The number of hydrogen-bond acceptors (Lipinski definition) is 5. The van der Waals surface area contributed by atoms with Gasteiger partial charge in [0.25, 0.3) is 11.1 Å². The Kier molecular flexibility index (Phi) is 6.19. The smallest absolute Gasteiger partial charge is 0.293 e. The van der Waals surface area contributed by atoms with E-state index in [-0.39, 0.29) is 17.7 Å². The monoisotopic (exact) mass is 385 g/mol. The third-order valence-electron chi connectivity index (χ3n) is 3.83. The average Bonchev–Trinajstić information content (AvgIpc) is 2.90. The van der Waals surface area contributed by atoms with E-state index in [2.05, 4.69) is 31.2 Å². The van der Waals surface area contributed by atoms with Crippen molar-refractivity contribution >= 4 is 40.7 Å². The number of hydrogen-bond donors (Lipinski definition) is 0. The van der Waals surface area contributed by atoms with Crippen molar-refractivity contribution in [3.63, 3.8) is 0 Å². The van der Waals surface area contributed by atoms with Crippen molar-refractivity contribution in [3.8, 4) is 0 Å². The maximum absolute atomic E-state index is 12.3. The topological polar surface area (TPSA) is 46.6 Å². The number of carbonyl (C=O) groups is 2. The summed E-state index contributed by atoms with van der Waals surface area (Å²) < 4.78 is 4.95. The number of rotatable bonds is 6. The fraction of sp³-hybridized carbons (Fsp3) is 0.200. The van der Waals surface area contributed by atoms with Crippen LogP contribution in [0.3, 0.4) is 0 Å². The second-order valence-corrected chi connectivity index (χ2v) is 7.95. The van der Waals surface area contributed by atoms with Gasteiger partial charge in [0.1, 0.15) is 0 Å². The van der Waals surface area contributed by atoms with Crippen molar-refractivity contribution in [3.05, 3.63) is 64.6 Å². The molecule has 0 unspecified atom stereocenters. The van der Waals surface area contributed by atoms with Crippen molar-refractivity contribution < 1.29 is 14.3 Å². The molecule has 0 atom stereocenters. The van der Waals surface area contributed by atoms with Crippen LogP contribution in [0.2, 0.25) is 0 Å². The summed E-state index contributed by atoms with van der Waals surface area (Å²) in [5.74, 6) is -0.254. The molecule has 1 saturated heterocycles. The molecule has 1 fully saturated rings. The highest BCUT2D eigenvalue weighted by molar-refractivity contribution is 8.18. The van der Waals surface area contributed by atoms with Gasteiger partial charge in [0.15, 0.2) is 0 Å². The van der Waals surface area contributed by atoms with E-state index >= 15 is 0 Å². The minimum Gasteiger partial charge on any atom is -0.383 e. The zero-order valence-electron chi connectivity index (χ0n) is 14.6. The number of imide groups is 1. The van der Waals surface area contributed by atoms with Gasteiger partial charge >= 0.3 is 0 Å². The summed E-state index contributed by atoms with van der Waals surface area (Å²) in [4.78, 5) is 28.2. The predicted octanol–water partition coefficient (Wildman–Crippen LogP) is 4.83. The Morgan fingerprint density at radius 3 is 2.27 bits per heavy atom. The maximum Gasteiger partial charge on any atom is 0.293 e. The fourth-order valence-corrected chi connectivity index (χ4v) is 4.08. The average molecular weight is 386 g/mol. The normalized spacial score (nSPS) is 15.9. The van der Waals surface area contributed by atoms with E-state index in [0.29, 0.717) is 11.5 Å². The van der Waals surface area contributed by atoms with E-state index < -0.39 is 0 Å². The van der Waals surface area contributed by atoms with Crippen molar-refractivity contribution in [2.24, 2.45) is 0 Å². The number of benzene rings is 2. The molecule has 0 N–H and O–H groups in total. The number of nitrogens with zero attached hydrogens (tertiary/aromatic N) is 1. The third kappa shape index (κ3) is 4.58. The lowest BCUT2D eigenvalue weighted by Crippen LogP contribution is -2.31. The molecule has 1 aliphatic rings. The predicted molar refractivity (Wildman–Crippen MR) is 106 cm³/mol. The van der Waals surface area contributed by atoms with Crippen LogP contribution < -0.4 is 0 Å². The summed E-state index contributed by atoms with van der Waals surface area (Å²) >= 11 is 2.66. The molecule has 0 saturated carbocycles. The molecule has 3 rings (SSSR count). The Hall–Kier alpha value is -2.02. The zero-order valence-corrected chi connectivity index (χ0v) is 16.2. The van der Waals surface area contributed by atoms with Gasteiger partial charge in [-0.1, -0.05) is 41.6 Å². The SMILES string of the molecule is COCCN1C(=O)S/C(=C\c2ccc(Sc3ccc(C)cc3)cc2)C1=O. The number of amides is 2. The van der Waals surface area contributed by atoms with Crippen LogP contribution in [0.1, 0.15) is 11.1 Å². The lowest BCUT2D eigenvalue weighted by Gasteiger charge is -2.10. The van der Waals surface area contributed by atoms with Crippen molar-refractivity contribution in [1.82, 2.24) is 4.90 Å². The molecule has 0 spiro atoms. The molecule has 26 heavy (non-hydrogen) atoms. The number of thioether (sulfide) groups is 1. The van der Waals surface area contributed by atoms with Crippen LogP contribution in [0.15, 0.2) is 63.2 Å². The molecule has 4 nitrogen and oxygen atoms in total. The third-order valence-corrected chi connectivity index (χ3v) is 5.75. The molecular formula is C20H19NO3S2. The molecule has 0 aromatic heterocycles. The van der Waals surface area contributed by atoms with Crippen LogP contribution in [0.4, 0.5) is 4.79 Å². The number of aryl methyl sites for hydroxylation is 1. The first-order chi connectivity index (χ1) is 12.6. The number of methoxy groups -OCH3 is 1. The molecule has 0 aliphatic carbocycles. The van der Waals surface area contributed by atoms with Gasteiger partial charge < -0.3 is 4.74 Å². The second kappa shape index (κ2) is 8.58. The zero-order chi connectivity index (χ0) is 18.5. The molecule has 1 heterocycles. The lowest BCUT2D eigenvalue weighted by molar-refractivity contribution is -0.123. The minimum absolute atomic E-state index is 0.246. The molecule has 0 radical (unpaired) electrons. The summed E-state index contributed by atoms with van der Waals surface area (Å²) in [7, 11) is 1.55. The highest BCUT2D eigenvalue weighted by Crippen LogP contribution is 2.33. The molecule has 2 amide bonds. The van der Waals surface area contributed by atoms with Crippen LogP contribution in [-0.2, 0) is 9.53 Å². The first-order valence-electron chi connectivity index (χ1n) is 8.16. The molecule has 1 aliphatic heterocycles. The second-order valence-electron chi connectivity index (χ2n) is 5.81. The van der Waals surface area contributed by atoms with E-state index in [1.807, 2.05) is 24.3 Å². The molecule has 0 bridgehead atoms. The molecule has 6 heteroatoms. The summed E-state index contributed by atoms with van der Waals surface area (Å²) in [6.45, 7) is 2.70. The number of carbonyl (C=O) groups excluding carboxylic acids is 2. The van der Waals surface area contributed by atoms with Crippen molar-refractivity contribution in [1.29, 1.82) is 0 Å². The van der Waals surface area contributed by atoms with Crippen molar-refractivity contribution in [2.75, 3.05) is 20.3 Å². The highest BCUT2D eigenvalue weighted by atomic mass is 32.2. The van der Waals surface area contributed by atoms with Gasteiger partial charge in [0.05, 0.1) is 18.1 Å². The minimum atomic E-state index is -0.254. The van der Waals surface area contributed by atoms with Gasteiger partial charge in [0, 0.05) is 16.9 Å². The largest absolute Gasteiger partial charge is 0.383 e. The van der Waals surface area contributed by atoms with Crippen LogP contribution in [-0.4, -0.2) is 36.3 Å². The van der Waals surface area contributed by atoms with Gasteiger partial charge in [-0.3, -0.25) is 14.5 Å². The summed E-state index contributed by atoms with van der Waals surface area (Å²) in [5.41, 5.74) is 2.14. The number of ether oxygens (including phenoxy) is 1. The van der Waals surface area contributed by atoms with E-state index in [1.54, 1.807) is 24.9 Å². The van der Waals surface area contributed by atoms with Crippen LogP contribution >= 0.6 is 23.5 Å². The molecule has 2 aromatic carbocycles. The summed E-state index contributed by atoms with van der Waals surface area (Å²) in [6, 6.07) is 16.3. The summed E-state index contributed by atoms with van der Waals surface area (Å²) in [6.07, 6.45) is 1.76. The van der Waals surface area contributed by atoms with Crippen LogP contribution in [0.5, 0.6) is 0 Å². The first-order valence-corrected chi connectivity index (χ1v) is 9.79. The Morgan fingerprint density at radius 1 is 1.04 bits per heavy atom. The Labute approximate surface area is 161 Å². The molecule has 2 aromatic rings. The van der Waals surface area contributed by atoms with Gasteiger partial charge in [0.2, 0.25) is 0 Å². The maximum atomic E-state index is 12.3. The van der Waals surface area contributed by atoms with Gasteiger partial charge in [-0.05, 0) is 54.6 Å². The van der Waals surface area contributed by atoms with Gasteiger partial charge in [-0.25, -0.2) is 0 Å². The van der Waals surface area contributed by atoms with Crippen LogP contribution in [0, 0.1) is 6.92 Å². The summed E-state index contributed by atoms with van der Waals surface area (Å²) in [5, 5.41) is -0.246. The fourth-order valence-electron chi connectivity index (χ4n) is 2.40. The first kappa shape index (κ1) is 18.8. The lowest BCUT2D eigenvalue weighted by atomic mass is 10.2. The van der Waals surface area contributed by atoms with Gasteiger partial charge in [-0.15, -0.1) is 0 Å². The van der Waals surface area contributed by atoms with Crippen LogP contribution in [0.25, 0.3) is 6.08 Å². The van der Waals surface area contributed by atoms with E-state index in [9.17, 15) is 9.59 Å². The van der Waals surface area contributed by atoms with Gasteiger partial charge in [-0.2, -0.15) is 0 Å². The van der Waals surface area contributed by atoms with E-state index in [4.69, 9.17) is 4.74 Å². The van der Waals surface area contributed by atoms with E-state index in [1.165, 1.54) is 15.4 Å². The molecular weight excluding hydrogens is 366 g/mol. The Balaban J connectivity index is 1.68. The Morgan fingerprint density at radius 2 is 1.65 bits per heavy atom. The van der Waals surface area contributed by atoms with E-state index in [0.717, 1.165) is 22.2 Å². The Bertz CT molecular complexity index is 829. The standard InChI is InChI=1S/C20H19NO3S2/c1-14-3-7-16(8-4-14)25-17-9-5-15(6-10-17)13-18-19(22)21(11-12-24-2)20(23)26-18/h3-10,13H,11-12H2,1-2H3/b18-13-. The van der Waals surface area contributed by atoms with Crippen molar-refractivity contribution in [2.45, 2.75) is 16.7 Å². The highest BCUT2D eigenvalue weighted by Gasteiger charge is 2.34. The quantitative estimate of drug-likeness (QED) is 0.667. The molecule has 134 valence electrons.